The van der Waals surface area contributed by atoms with Crippen LogP contribution in [0.2, 0.25) is 0 Å². The zero-order valence-corrected chi connectivity index (χ0v) is 13.2. The number of carbonyl (C=O) groups excluding carboxylic acids is 1. The van der Waals surface area contributed by atoms with E-state index >= 15 is 0 Å². The van der Waals surface area contributed by atoms with Crippen LogP contribution in [0.25, 0.3) is 0 Å². The molecule has 7 heteroatoms. The number of hydrogen-bond acceptors (Lipinski definition) is 4. The van der Waals surface area contributed by atoms with Crippen LogP contribution in [-0.2, 0) is 20.4 Å². The van der Waals surface area contributed by atoms with Crippen molar-refractivity contribution in [3.63, 3.8) is 0 Å². The summed E-state index contributed by atoms with van der Waals surface area (Å²) >= 11 is 0. The number of carbonyl (C=O) groups is 1. The Kier molecular flexibility index (Phi) is 5.98. The molecule has 0 atom stereocenters. The highest BCUT2D eigenvalue weighted by atomic mass is 35.7. The molecule has 20 heavy (non-hydrogen) atoms. The molecule has 0 saturated heterocycles. The maximum absolute atomic E-state index is 12.0. The summed E-state index contributed by atoms with van der Waals surface area (Å²) < 4.78 is 27.8. The van der Waals surface area contributed by atoms with Crippen LogP contribution in [0.3, 0.4) is 0 Å². The van der Waals surface area contributed by atoms with Gasteiger partial charge in [0, 0.05) is 29.9 Å². The lowest BCUT2D eigenvalue weighted by Crippen LogP contribution is -2.27. The van der Waals surface area contributed by atoms with Gasteiger partial charge >= 0.3 is 0 Å². The van der Waals surface area contributed by atoms with E-state index in [1.807, 2.05) is 13.8 Å². The molecule has 1 amide bonds. The van der Waals surface area contributed by atoms with Gasteiger partial charge in [-0.25, -0.2) is 8.42 Å². The molecule has 0 heterocycles. The highest BCUT2D eigenvalue weighted by molar-refractivity contribution is 8.13. The fraction of sp³-hybridized carbons (Fsp3) is 0.462. The normalized spacial score (nSPS) is 11.7. The average molecular weight is 320 g/mol. The summed E-state index contributed by atoms with van der Waals surface area (Å²) in [5.41, 5.74) is 0.823. The van der Waals surface area contributed by atoms with Gasteiger partial charge in [-0.2, -0.15) is 0 Å². The van der Waals surface area contributed by atoms with Crippen molar-refractivity contribution in [2.45, 2.75) is 25.3 Å². The van der Waals surface area contributed by atoms with Gasteiger partial charge in [0.25, 0.3) is 15.0 Å². The number of ether oxygens (including phenoxy) is 1. The minimum Gasteiger partial charge on any atom is -0.380 e. The van der Waals surface area contributed by atoms with Crippen molar-refractivity contribution < 1.29 is 17.9 Å². The Morgan fingerprint density at radius 2 is 2.00 bits per heavy atom. The summed E-state index contributed by atoms with van der Waals surface area (Å²) in [5, 5.41) is 2.73. The molecule has 0 aliphatic rings. The van der Waals surface area contributed by atoms with Crippen molar-refractivity contribution >= 4 is 25.6 Å². The Hall–Kier alpha value is -1.11. The van der Waals surface area contributed by atoms with Crippen LogP contribution < -0.4 is 5.32 Å². The lowest BCUT2D eigenvalue weighted by Gasteiger charge is -2.10. The number of nitrogens with one attached hydrogen (secondary N) is 1. The lowest BCUT2D eigenvalue weighted by atomic mass is 10.1. The number of methoxy groups -OCH3 is 1. The van der Waals surface area contributed by atoms with E-state index in [9.17, 15) is 13.2 Å². The third-order valence-corrected chi connectivity index (χ3v) is 3.83. The zero-order chi connectivity index (χ0) is 15.3. The second-order valence-electron chi connectivity index (χ2n) is 4.84. The molecule has 112 valence electrons. The fourth-order valence-electron chi connectivity index (χ4n) is 1.58. The molecule has 0 aliphatic heterocycles. The van der Waals surface area contributed by atoms with Crippen LogP contribution >= 0.6 is 10.7 Å². The summed E-state index contributed by atoms with van der Waals surface area (Å²) in [5.74, 6) is -0.0319. The number of amides is 1. The average Bonchev–Trinajstić information content (AvgIpc) is 2.34. The van der Waals surface area contributed by atoms with E-state index in [-0.39, 0.29) is 23.0 Å². The Morgan fingerprint density at radius 3 is 2.50 bits per heavy atom. The summed E-state index contributed by atoms with van der Waals surface area (Å²) in [6.07, 6.45) is 0. The monoisotopic (exact) mass is 319 g/mol. The highest BCUT2D eigenvalue weighted by Crippen LogP contribution is 2.19. The van der Waals surface area contributed by atoms with Crippen molar-refractivity contribution in [2.24, 2.45) is 5.92 Å². The zero-order valence-electron chi connectivity index (χ0n) is 11.6. The molecule has 0 aromatic heterocycles. The van der Waals surface area contributed by atoms with E-state index in [0.29, 0.717) is 18.0 Å². The predicted molar refractivity (Wildman–Crippen MR) is 77.4 cm³/mol. The number of hydrogen-bond donors (Lipinski definition) is 1. The van der Waals surface area contributed by atoms with Gasteiger partial charge in [0.05, 0.1) is 11.5 Å². The van der Waals surface area contributed by atoms with E-state index < -0.39 is 9.05 Å². The number of benzene rings is 1. The third kappa shape index (κ3) is 5.11. The topological polar surface area (TPSA) is 72.5 Å². The van der Waals surface area contributed by atoms with Crippen LogP contribution in [0, 0.1) is 5.92 Å². The fourth-order valence-corrected chi connectivity index (χ4v) is 2.41. The summed E-state index contributed by atoms with van der Waals surface area (Å²) in [4.78, 5) is 11.9. The Morgan fingerprint density at radius 1 is 1.35 bits per heavy atom. The van der Waals surface area contributed by atoms with Gasteiger partial charge in [0.15, 0.2) is 0 Å². The molecule has 5 nitrogen and oxygen atoms in total. The van der Waals surface area contributed by atoms with Gasteiger partial charge in [-0.05, 0) is 29.7 Å². The lowest BCUT2D eigenvalue weighted by molar-refractivity contribution is 0.0948. The number of halogens is 1. The summed E-state index contributed by atoms with van der Waals surface area (Å²) in [6.45, 7) is 4.65. The van der Waals surface area contributed by atoms with Crippen molar-refractivity contribution in [3.05, 3.63) is 29.3 Å². The predicted octanol–water partition coefficient (Wildman–Crippen LogP) is 2.15. The van der Waals surface area contributed by atoms with Crippen molar-refractivity contribution in [1.29, 1.82) is 0 Å². The smallest absolute Gasteiger partial charge is 0.261 e. The van der Waals surface area contributed by atoms with Crippen LogP contribution in [0.15, 0.2) is 23.1 Å². The number of rotatable bonds is 6. The van der Waals surface area contributed by atoms with Gasteiger partial charge < -0.3 is 10.1 Å². The molecule has 1 rings (SSSR count). The molecule has 1 aromatic carbocycles. The second-order valence-corrected chi connectivity index (χ2v) is 7.41. The molecule has 0 unspecified atom stereocenters. The van der Waals surface area contributed by atoms with E-state index in [1.54, 1.807) is 6.07 Å². The molecule has 0 spiro atoms. The third-order valence-electron chi connectivity index (χ3n) is 2.49. The largest absolute Gasteiger partial charge is 0.380 e. The first-order valence-electron chi connectivity index (χ1n) is 6.09. The molecule has 0 bridgehead atoms. The van der Waals surface area contributed by atoms with E-state index in [1.165, 1.54) is 19.2 Å². The van der Waals surface area contributed by atoms with Crippen molar-refractivity contribution in [3.8, 4) is 0 Å². The Balaban J connectivity index is 3.12. The highest BCUT2D eigenvalue weighted by Gasteiger charge is 2.16. The van der Waals surface area contributed by atoms with Crippen LogP contribution in [-0.4, -0.2) is 28.0 Å². The molecule has 0 aliphatic carbocycles. The van der Waals surface area contributed by atoms with E-state index in [0.717, 1.165) is 0 Å². The molecule has 0 saturated carbocycles. The molecular formula is C13H18ClNO4S. The summed E-state index contributed by atoms with van der Waals surface area (Å²) in [7, 11) is 2.93. The Bertz CT molecular complexity index is 584. The first-order valence-corrected chi connectivity index (χ1v) is 8.40. The maximum Gasteiger partial charge on any atom is 0.261 e. The first kappa shape index (κ1) is 16.9. The van der Waals surface area contributed by atoms with Crippen molar-refractivity contribution in [1.82, 2.24) is 5.32 Å². The minimum atomic E-state index is -3.89. The second kappa shape index (κ2) is 7.06. The Labute approximate surface area is 123 Å². The van der Waals surface area contributed by atoms with Gasteiger partial charge in [0.1, 0.15) is 0 Å². The van der Waals surface area contributed by atoms with Crippen LogP contribution in [0.1, 0.15) is 29.8 Å². The van der Waals surface area contributed by atoms with Gasteiger partial charge in [-0.1, -0.05) is 13.8 Å². The summed E-state index contributed by atoms with van der Waals surface area (Å²) in [6, 6.07) is 4.24. The quantitative estimate of drug-likeness (QED) is 0.815. The van der Waals surface area contributed by atoms with Crippen LogP contribution in [0.4, 0.5) is 0 Å². The standard InChI is InChI=1S/C13H18ClNO4S/c1-9(2)7-15-13(16)11-4-10(8-19-3)5-12(6-11)20(14,17)18/h4-6,9H,7-8H2,1-3H3,(H,15,16). The van der Waals surface area contributed by atoms with Gasteiger partial charge in [-0.3, -0.25) is 4.79 Å². The first-order chi connectivity index (χ1) is 9.24. The van der Waals surface area contributed by atoms with Crippen LogP contribution in [0.5, 0.6) is 0 Å². The molecule has 0 fully saturated rings. The molecular weight excluding hydrogens is 302 g/mol. The molecule has 0 radical (unpaired) electrons. The molecule has 1 N–H and O–H groups in total. The minimum absolute atomic E-state index is 0.108. The van der Waals surface area contributed by atoms with Gasteiger partial charge in [-0.15, -0.1) is 0 Å². The van der Waals surface area contributed by atoms with Gasteiger partial charge in [0.2, 0.25) is 0 Å². The van der Waals surface area contributed by atoms with E-state index in [4.69, 9.17) is 15.4 Å². The SMILES string of the molecule is COCc1cc(C(=O)NCC(C)C)cc(S(=O)(=O)Cl)c1. The van der Waals surface area contributed by atoms with E-state index in [2.05, 4.69) is 5.32 Å². The molecule has 1 aromatic rings. The maximum atomic E-state index is 12.0. The van der Waals surface area contributed by atoms with Crippen molar-refractivity contribution in [2.75, 3.05) is 13.7 Å².